The molecule has 3 unspecified atom stereocenters. The number of benzene rings is 2. The Morgan fingerprint density at radius 1 is 1.13 bits per heavy atom. The first-order valence-electron chi connectivity index (χ1n) is 10.5. The van der Waals surface area contributed by atoms with Crippen molar-refractivity contribution in [3.63, 3.8) is 0 Å². The summed E-state index contributed by atoms with van der Waals surface area (Å²) in [5, 5.41) is 1.03. The van der Waals surface area contributed by atoms with E-state index in [1.807, 2.05) is 45.0 Å². The lowest BCUT2D eigenvalue weighted by Crippen LogP contribution is -2.48. The van der Waals surface area contributed by atoms with Gasteiger partial charge in [0, 0.05) is 27.2 Å². The zero-order chi connectivity index (χ0) is 22.7. The van der Waals surface area contributed by atoms with Crippen LogP contribution in [0.1, 0.15) is 51.3 Å². The summed E-state index contributed by atoms with van der Waals surface area (Å²) in [5.41, 5.74) is 2.12. The molecule has 0 aliphatic carbocycles. The molecule has 7 heteroatoms. The maximum atomic E-state index is 13.7. The van der Waals surface area contributed by atoms with Gasteiger partial charge in [0.15, 0.2) is 6.10 Å². The van der Waals surface area contributed by atoms with E-state index in [0.717, 1.165) is 5.56 Å². The number of hydrogen-bond donors (Lipinski definition) is 0. The Bertz CT molecular complexity index is 962. The van der Waals surface area contributed by atoms with Gasteiger partial charge in [0.05, 0.1) is 18.2 Å². The van der Waals surface area contributed by atoms with Crippen molar-refractivity contribution in [3.8, 4) is 0 Å². The zero-order valence-electron chi connectivity index (χ0n) is 18.1. The van der Waals surface area contributed by atoms with Gasteiger partial charge in [-0.3, -0.25) is 9.59 Å². The van der Waals surface area contributed by atoms with Gasteiger partial charge in [0.25, 0.3) is 5.91 Å². The van der Waals surface area contributed by atoms with E-state index in [9.17, 15) is 9.59 Å². The van der Waals surface area contributed by atoms with E-state index in [1.54, 1.807) is 30.0 Å². The fraction of sp³-hybridized carbons (Fsp3) is 0.417. The smallest absolute Gasteiger partial charge is 0.312 e. The lowest BCUT2D eigenvalue weighted by Gasteiger charge is -2.31. The predicted molar refractivity (Wildman–Crippen MR) is 123 cm³/mol. The maximum absolute atomic E-state index is 13.7. The third kappa shape index (κ3) is 4.74. The lowest BCUT2D eigenvalue weighted by atomic mass is 9.97. The summed E-state index contributed by atoms with van der Waals surface area (Å²) < 4.78 is 11.7. The summed E-state index contributed by atoms with van der Waals surface area (Å²) in [5.74, 6) is -1.48. The molecule has 3 rings (SSSR count). The molecule has 0 spiro atoms. The molecule has 0 fully saturated rings. The molecule has 1 aliphatic heterocycles. The Balaban J connectivity index is 2.23. The molecular formula is C24H27Cl2NO4. The molecule has 0 saturated heterocycles. The van der Waals surface area contributed by atoms with Gasteiger partial charge in [-0.2, -0.15) is 0 Å². The van der Waals surface area contributed by atoms with Gasteiger partial charge in [0.2, 0.25) is 0 Å². The molecule has 0 radical (unpaired) electrons. The topological polar surface area (TPSA) is 55.8 Å². The molecule has 2 aromatic rings. The minimum absolute atomic E-state index is 0.164. The summed E-state index contributed by atoms with van der Waals surface area (Å²) in [6.45, 7) is 7.67. The molecule has 1 amide bonds. The van der Waals surface area contributed by atoms with Crippen molar-refractivity contribution in [3.05, 3.63) is 63.6 Å². The van der Waals surface area contributed by atoms with Gasteiger partial charge in [-0.25, -0.2) is 0 Å². The molecule has 3 atom stereocenters. The van der Waals surface area contributed by atoms with E-state index in [-0.39, 0.29) is 18.6 Å². The Hall–Kier alpha value is -2.08. The minimum Gasteiger partial charge on any atom is -0.466 e. The van der Waals surface area contributed by atoms with Crippen molar-refractivity contribution in [1.29, 1.82) is 0 Å². The summed E-state index contributed by atoms with van der Waals surface area (Å²) in [6, 6.07) is 12.5. The predicted octanol–water partition coefficient (Wildman–Crippen LogP) is 5.81. The Morgan fingerprint density at radius 3 is 2.45 bits per heavy atom. The van der Waals surface area contributed by atoms with Crippen molar-refractivity contribution >= 4 is 40.8 Å². The number of amides is 1. The van der Waals surface area contributed by atoms with E-state index in [0.29, 0.717) is 27.7 Å². The van der Waals surface area contributed by atoms with Crippen LogP contribution in [0.3, 0.4) is 0 Å². The molecule has 0 aromatic heterocycles. The molecule has 0 N–H and O–H groups in total. The molecule has 2 aromatic carbocycles. The number of carbonyl (C=O) groups is 2. The second-order valence-electron chi connectivity index (χ2n) is 7.73. The van der Waals surface area contributed by atoms with Gasteiger partial charge in [-0.05, 0) is 51.5 Å². The molecule has 0 saturated carbocycles. The minimum atomic E-state index is -1.03. The average Bonchev–Trinajstić information content (AvgIpc) is 2.84. The van der Waals surface area contributed by atoms with Crippen LogP contribution in [0.5, 0.6) is 0 Å². The van der Waals surface area contributed by atoms with Gasteiger partial charge in [-0.15, -0.1) is 0 Å². The number of rotatable bonds is 6. The van der Waals surface area contributed by atoms with Crippen LogP contribution in [0.4, 0.5) is 5.69 Å². The third-order valence-electron chi connectivity index (χ3n) is 5.39. The van der Waals surface area contributed by atoms with Crippen LogP contribution in [0.2, 0.25) is 10.0 Å². The van der Waals surface area contributed by atoms with E-state index in [2.05, 4.69) is 0 Å². The summed E-state index contributed by atoms with van der Waals surface area (Å²) >= 11 is 12.9. The van der Waals surface area contributed by atoms with Crippen LogP contribution in [0.25, 0.3) is 0 Å². The van der Waals surface area contributed by atoms with Crippen molar-refractivity contribution in [1.82, 2.24) is 0 Å². The molecular weight excluding hydrogens is 437 g/mol. The molecule has 166 valence electrons. The van der Waals surface area contributed by atoms with E-state index < -0.39 is 24.1 Å². The van der Waals surface area contributed by atoms with Crippen molar-refractivity contribution in [2.45, 2.75) is 52.4 Å². The SMILES string of the molecule is CCOC(=O)C(CC)C1OC(c2ccccc2Cl)c2cc(Cl)ccc2N(C(C)C)C1=O. The highest BCUT2D eigenvalue weighted by Crippen LogP contribution is 2.43. The first kappa shape index (κ1) is 23.6. The number of nitrogens with zero attached hydrogens (tertiary/aromatic N) is 1. The number of esters is 1. The Labute approximate surface area is 193 Å². The van der Waals surface area contributed by atoms with Crippen molar-refractivity contribution < 1.29 is 19.1 Å². The van der Waals surface area contributed by atoms with Gasteiger partial charge in [0.1, 0.15) is 6.10 Å². The number of hydrogen-bond acceptors (Lipinski definition) is 4. The van der Waals surface area contributed by atoms with Crippen LogP contribution in [-0.4, -0.2) is 30.6 Å². The van der Waals surface area contributed by atoms with Crippen LogP contribution in [0.15, 0.2) is 42.5 Å². The maximum Gasteiger partial charge on any atom is 0.312 e. The normalized spacial score (nSPS) is 19.7. The highest BCUT2D eigenvalue weighted by atomic mass is 35.5. The van der Waals surface area contributed by atoms with Crippen molar-refractivity contribution in [2.75, 3.05) is 11.5 Å². The summed E-state index contributed by atoms with van der Waals surface area (Å²) in [7, 11) is 0. The number of halogens is 2. The van der Waals surface area contributed by atoms with Crippen LogP contribution in [0, 0.1) is 5.92 Å². The van der Waals surface area contributed by atoms with Crippen molar-refractivity contribution in [2.24, 2.45) is 5.92 Å². The molecule has 1 aliphatic rings. The fourth-order valence-corrected chi connectivity index (χ4v) is 4.39. The fourth-order valence-electron chi connectivity index (χ4n) is 3.97. The number of fused-ring (bicyclic) bond motifs is 1. The zero-order valence-corrected chi connectivity index (χ0v) is 19.6. The van der Waals surface area contributed by atoms with E-state index in [4.69, 9.17) is 32.7 Å². The lowest BCUT2D eigenvalue weighted by molar-refractivity contribution is -0.160. The van der Waals surface area contributed by atoms with Gasteiger partial charge < -0.3 is 14.4 Å². The Kier molecular flexibility index (Phi) is 7.63. The molecule has 1 heterocycles. The first-order valence-corrected chi connectivity index (χ1v) is 11.2. The van der Waals surface area contributed by atoms with E-state index >= 15 is 0 Å². The monoisotopic (exact) mass is 463 g/mol. The standard InChI is InChI=1S/C24H27Cl2NO4/c1-5-16(24(29)30-6-2)22-23(28)27(14(3)4)20-12-11-15(25)13-18(20)21(31-22)17-9-7-8-10-19(17)26/h7-14,16,21-22H,5-6H2,1-4H3. The third-order valence-corrected chi connectivity index (χ3v) is 5.97. The Morgan fingerprint density at radius 2 is 1.84 bits per heavy atom. The van der Waals surface area contributed by atoms with Crippen LogP contribution < -0.4 is 4.90 Å². The highest BCUT2D eigenvalue weighted by molar-refractivity contribution is 6.31. The highest BCUT2D eigenvalue weighted by Gasteiger charge is 2.44. The summed E-state index contributed by atoms with van der Waals surface area (Å²) in [4.78, 5) is 28.1. The van der Waals surface area contributed by atoms with Gasteiger partial charge >= 0.3 is 5.97 Å². The molecule has 0 bridgehead atoms. The first-order chi connectivity index (χ1) is 14.8. The van der Waals surface area contributed by atoms with Crippen LogP contribution in [-0.2, 0) is 19.1 Å². The second-order valence-corrected chi connectivity index (χ2v) is 8.57. The quantitative estimate of drug-likeness (QED) is 0.506. The summed E-state index contributed by atoms with van der Waals surface area (Å²) in [6.07, 6.45) is -1.31. The molecule has 5 nitrogen and oxygen atoms in total. The van der Waals surface area contributed by atoms with Gasteiger partial charge in [-0.1, -0.05) is 48.3 Å². The largest absolute Gasteiger partial charge is 0.466 e. The number of anilines is 1. The van der Waals surface area contributed by atoms with Crippen LogP contribution >= 0.6 is 23.2 Å². The number of carbonyl (C=O) groups excluding carboxylic acids is 2. The average molecular weight is 464 g/mol. The molecule has 31 heavy (non-hydrogen) atoms. The van der Waals surface area contributed by atoms with E-state index in [1.165, 1.54) is 0 Å². The number of ether oxygens (including phenoxy) is 2. The second kappa shape index (κ2) is 10.0.